The molecular weight excluding hydrogens is 297 g/mol. The Balaban J connectivity index is 1.94. The van der Waals surface area contributed by atoms with Crippen molar-refractivity contribution in [3.8, 4) is 0 Å². The van der Waals surface area contributed by atoms with Gasteiger partial charge in [0.2, 0.25) is 0 Å². The summed E-state index contributed by atoms with van der Waals surface area (Å²) >= 11 is 2.35. The summed E-state index contributed by atoms with van der Waals surface area (Å²) in [7, 11) is 0. The van der Waals surface area contributed by atoms with Gasteiger partial charge in [0.05, 0.1) is 0 Å². The van der Waals surface area contributed by atoms with E-state index in [9.17, 15) is 0 Å². The van der Waals surface area contributed by atoms with Gasteiger partial charge in [0, 0.05) is 15.7 Å². The van der Waals surface area contributed by atoms with Gasteiger partial charge in [0.1, 0.15) is 0 Å². The lowest BCUT2D eigenvalue weighted by molar-refractivity contribution is 0.461. The molecule has 2 rings (SSSR count). The van der Waals surface area contributed by atoms with E-state index in [2.05, 4.69) is 59.1 Å². The third-order valence-electron chi connectivity index (χ3n) is 3.21. The summed E-state index contributed by atoms with van der Waals surface area (Å²) in [5.41, 5.74) is 1.40. The van der Waals surface area contributed by atoms with Gasteiger partial charge >= 0.3 is 0 Å². The van der Waals surface area contributed by atoms with Crippen molar-refractivity contribution in [3.05, 3.63) is 33.4 Å². The second kappa shape index (κ2) is 5.30. The zero-order valence-corrected chi connectivity index (χ0v) is 11.3. The average Bonchev–Trinajstić information content (AvgIpc) is 2.71. The Kier molecular flexibility index (Phi) is 4.03. The van der Waals surface area contributed by atoms with E-state index in [0.717, 1.165) is 6.04 Å². The monoisotopic (exact) mass is 315 g/mol. The molecule has 0 radical (unpaired) electrons. The molecule has 1 atom stereocenters. The standard InChI is InChI=1S/C13H18IN/c1-10(15-13-4-2-3-5-13)11-6-8-12(14)9-7-11/h6-10,13,15H,2-5H2,1H3. The van der Waals surface area contributed by atoms with Crippen LogP contribution in [0.2, 0.25) is 0 Å². The Morgan fingerprint density at radius 3 is 2.40 bits per heavy atom. The van der Waals surface area contributed by atoms with Crippen molar-refractivity contribution in [1.29, 1.82) is 0 Å². The number of rotatable bonds is 3. The molecule has 0 aliphatic heterocycles. The molecule has 0 aromatic heterocycles. The van der Waals surface area contributed by atoms with Crippen molar-refractivity contribution in [1.82, 2.24) is 5.32 Å². The van der Waals surface area contributed by atoms with Gasteiger partial charge in [-0.15, -0.1) is 0 Å². The van der Waals surface area contributed by atoms with Gasteiger partial charge < -0.3 is 5.32 Å². The minimum absolute atomic E-state index is 0.491. The van der Waals surface area contributed by atoms with Crippen LogP contribution in [0.4, 0.5) is 0 Å². The summed E-state index contributed by atoms with van der Waals surface area (Å²) in [5, 5.41) is 3.71. The van der Waals surface area contributed by atoms with Crippen molar-refractivity contribution >= 4 is 22.6 Å². The second-order valence-electron chi connectivity index (χ2n) is 4.42. The van der Waals surface area contributed by atoms with Crippen LogP contribution in [-0.2, 0) is 0 Å². The molecule has 1 nitrogen and oxygen atoms in total. The van der Waals surface area contributed by atoms with Crippen LogP contribution in [0.15, 0.2) is 24.3 Å². The fourth-order valence-corrected chi connectivity index (χ4v) is 2.65. The number of halogens is 1. The van der Waals surface area contributed by atoms with Crippen LogP contribution in [0.1, 0.15) is 44.2 Å². The minimum Gasteiger partial charge on any atom is -0.307 e. The van der Waals surface area contributed by atoms with E-state index < -0.39 is 0 Å². The van der Waals surface area contributed by atoms with Crippen molar-refractivity contribution in [3.63, 3.8) is 0 Å². The van der Waals surface area contributed by atoms with Gasteiger partial charge in [-0.05, 0) is 60.1 Å². The van der Waals surface area contributed by atoms with Crippen LogP contribution < -0.4 is 5.32 Å². The molecule has 0 saturated heterocycles. The summed E-state index contributed by atoms with van der Waals surface area (Å²) in [4.78, 5) is 0. The number of benzene rings is 1. The maximum absolute atomic E-state index is 3.71. The zero-order chi connectivity index (χ0) is 10.7. The predicted octanol–water partition coefficient (Wildman–Crippen LogP) is 3.88. The molecule has 0 spiro atoms. The highest BCUT2D eigenvalue weighted by molar-refractivity contribution is 14.1. The first-order valence-corrected chi connectivity index (χ1v) is 6.85. The average molecular weight is 315 g/mol. The van der Waals surface area contributed by atoms with Gasteiger partial charge in [-0.25, -0.2) is 0 Å². The Hall–Kier alpha value is -0.0900. The predicted molar refractivity (Wildman–Crippen MR) is 73.0 cm³/mol. The van der Waals surface area contributed by atoms with Crippen molar-refractivity contribution in [2.24, 2.45) is 0 Å². The fourth-order valence-electron chi connectivity index (χ4n) is 2.29. The first-order valence-electron chi connectivity index (χ1n) is 5.77. The van der Waals surface area contributed by atoms with E-state index in [0.29, 0.717) is 6.04 Å². The molecule has 82 valence electrons. The van der Waals surface area contributed by atoms with Gasteiger partial charge in [-0.2, -0.15) is 0 Å². The first kappa shape index (κ1) is 11.4. The van der Waals surface area contributed by atoms with Gasteiger partial charge in [-0.1, -0.05) is 25.0 Å². The number of hydrogen-bond donors (Lipinski definition) is 1. The largest absolute Gasteiger partial charge is 0.307 e. The lowest BCUT2D eigenvalue weighted by Gasteiger charge is -2.19. The number of hydrogen-bond acceptors (Lipinski definition) is 1. The molecule has 0 heterocycles. The summed E-state index contributed by atoms with van der Waals surface area (Å²) in [5.74, 6) is 0. The van der Waals surface area contributed by atoms with E-state index in [1.54, 1.807) is 0 Å². The SMILES string of the molecule is CC(NC1CCCC1)c1ccc(I)cc1. The molecule has 1 aromatic carbocycles. The quantitative estimate of drug-likeness (QED) is 0.835. The molecule has 1 aliphatic rings. The Morgan fingerprint density at radius 2 is 1.80 bits per heavy atom. The maximum atomic E-state index is 3.71. The molecular formula is C13H18IN. The van der Waals surface area contributed by atoms with E-state index in [1.165, 1.54) is 34.8 Å². The molecule has 1 fully saturated rings. The molecule has 1 unspecified atom stereocenters. The van der Waals surface area contributed by atoms with Crippen LogP contribution in [0.3, 0.4) is 0 Å². The van der Waals surface area contributed by atoms with E-state index in [1.807, 2.05) is 0 Å². The molecule has 0 bridgehead atoms. The highest BCUT2D eigenvalue weighted by atomic mass is 127. The van der Waals surface area contributed by atoms with Crippen molar-refractivity contribution < 1.29 is 0 Å². The molecule has 0 amide bonds. The fraction of sp³-hybridized carbons (Fsp3) is 0.538. The van der Waals surface area contributed by atoms with Crippen LogP contribution in [0, 0.1) is 3.57 Å². The first-order chi connectivity index (χ1) is 7.25. The molecule has 1 saturated carbocycles. The third-order valence-corrected chi connectivity index (χ3v) is 3.93. The molecule has 1 aliphatic carbocycles. The maximum Gasteiger partial charge on any atom is 0.0294 e. The Morgan fingerprint density at radius 1 is 1.20 bits per heavy atom. The topological polar surface area (TPSA) is 12.0 Å². The molecule has 15 heavy (non-hydrogen) atoms. The van der Waals surface area contributed by atoms with Crippen molar-refractivity contribution in [2.45, 2.75) is 44.7 Å². The van der Waals surface area contributed by atoms with Crippen LogP contribution in [-0.4, -0.2) is 6.04 Å². The lowest BCUT2D eigenvalue weighted by atomic mass is 10.1. The Bertz CT molecular complexity index is 301. The number of nitrogens with one attached hydrogen (secondary N) is 1. The molecule has 1 aromatic rings. The van der Waals surface area contributed by atoms with Crippen LogP contribution in [0.25, 0.3) is 0 Å². The van der Waals surface area contributed by atoms with Gasteiger partial charge in [-0.3, -0.25) is 0 Å². The van der Waals surface area contributed by atoms with E-state index in [4.69, 9.17) is 0 Å². The third kappa shape index (κ3) is 3.18. The van der Waals surface area contributed by atoms with E-state index in [-0.39, 0.29) is 0 Å². The zero-order valence-electron chi connectivity index (χ0n) is 9.17. The lowest BCUT2D eigenvalue weighted by Crippen LogP contribution is -2.28. The smallest absolute Gasteiger partial charge is 0.0294 e. The second-order valence-corrected chi connectivity index (χ2v) is 5.67. The normalized spacial score (nSPS) is 19.3. The van der Waals surface area contributed by atoms with Crippen LogP contribution >= 0.6 is 22.6 Å². The van der Waals surface area contributed by atoms with Crippen LogP contribution in [0.5, 0.6) is 0 Å². The minimum atomic E-state index is 0.491. The molecule has 2 heteroatoms. The van der Waals surface area contributed by atoms with Gasteiger partial charge in [0.25, 0.3) is 0 Å². The Labute approximate surface area is 106 Å². The highest BCUT2D eigenvalue weighted by Gasteiger charge is 2.17. The summed E-state index contributed by atoms with van der Waals surface area (Å²) < 4.78 is 1.31. The molecule has 1 N–H and O–H groups in total. The summed E-state index contributed by atoms with van der Waals surface area (Å²) in [6.07, 6.45) is 5.51. The van der Waals surface area contributed by atoms with Gasteiger partial charge in [0.15, 0.2) is 0 Å². The van der Waals surface area contributed by atoms with Crippen molar-refractivity contribution in [2.75, 3.05) is 0 Å². The highest BCUT2D eigenvalue weighted by Crippen LogP contribution is 2.22. The summed E-state index contributed by atoms with van der Waals surface area (Å²) in [6, 6.07) is 10.1. The summed E-state index contributed by atoms with van der Waals surface area (Å²) in [6.45, 7) is 2.26. The van der Waals surface area contributed by atoms with E-state index >= 15 is 0 Å².